The zero-order chi connectivity index (χ0) is 26.7. The lowest BCUT2D eigenvalue weighted by molar-refractivity contribution is 0.0999. The van der Waals surface area contributed by atoms with Gasteiger partial charge < -0.3 is 5.32 Å². The molecule has 2 amide bonds. The number of anilines is 2. The Bertz CT molecular complexity index is 1410. The minimum Gasteiger partial charge on any atom is -0.333 e. The maximum absolute atomic E-state index is 14.0. The maximum atomic E-state index is 14.0. The van der Waals surface area contributed by atoms with E-state index in [2.05, 4.69) is 41.1 Å². The van der Waals surface area contributed by atoms with Crippen LogP contribution in [0.25, 0.3) is 11.1 Å². The molecular weight excluding hydrogens is 546 g/mol. The number of hydrogen-bond donors (Lipinski definition) is 1. The van der Waals surface area contributed by atoms with E-state index in [4.69, 9.17) is 34.8 Å². The number of halogens is 4. The third-order valence-corrected chi connectivity index (χ3v) is 8.90. The predicted molar refractivity (Wildman–Crippen MR) is 152 cm³/mol. The topological polar surface area (TPSA) is 38.8 Å². The molecule has 3 heterocycles. The number of nitrogens with one attached hydrogen (secondary N) is 1. The van der Waals surface area contributed by atoms with Gasteiger partial charge in [-0.1, -0.05) is 40.9 Å². The molecule has 3 aliphatic rings. The lowest BCUT2D eigenvalue weighted by Gasteiger charge is -2.37. The van der Waals surface area contributed by atoms with E-state index in [-0.39, 0.29) is 6.03 Å². The third kappa shape index (κ3) is 4.46. The molecule has 0 aromatic heterocycles. The number of benzene rings is 3. The first-order valence-corrected chi connectivity index (χ1v) is 14.0. The number of fused-ring (bicyclic) bond motifs is 3. The van der Waals surface area contributed by atoms with Crippen molar-refractivity contribution in [3.8, 4) is 11.1 Å². The van der Waals surface area contributed by atoms with Gasteiger partial charge in [0, 0.05) is 55.4 Å². The maximum Gasteiger partial charge on any atom is 0.326 e. The van der Waals surface area contributed by atoms with Gasteiger partial charge in [-0.25, -0.2) is 9.18 Å². The van der Waals surface area contributed by atoms with E-state index in [9.17, 15) is 9.18 Å². The number of rotatable bonds is 5. The molecule has 2 bridgehead atoms. The first kappa shape index (κ1) is 25.9. The van der Waals surface area contributed by atoms with E-state index >= 15 is 0 Å². The van der Waals surface area contributed by atoms with Gasteiger partial charge in [-0.2, -0.15) is 0 Å². The molecule has 5 nitrogen and oxygen atoms in total. The van der Waals surface area contributed by atoms with Crippen molar-refractivity contribution in [1.29, 1.82) is 0 Å². The number of piperazine rings is 1. The average molecular weight is 574 g/mol. The summed E-state index contributed by atoms with van der Waals surface area (Å²) >= 11 is 19.7. The monoisotopic (exact) mass is 572 g/mol. The first-order valence-electron chi connectivity index (χ1n) is 12.8. The van der Waals surface area contributed by atoms with E-state index in [1.165, 1.54) is 18.6 Å². The highest BCUT2D eigenvalue weighted by Crippen LogP contribution is 2.45. The van der Waals surface area contributed by atoms with Gasteiger partial charge in [0.25, 0.3) is 0 Å². The van der Waals surface area contributed by atoms with E-state index < -0.39 is 5.82 Å². The van der Waals surface area contributed by atoms with Crippen molar-refractivity contribution in [2.45, 2.75) is 51.5 Å². The minimum atomic E-state index is -0.399. The van der Waals surface area contributed by atoms with Crippen LogP contribution in [0, 0.1) is 5.82 Å². The molecular formula is C29H28Cl3FN4O. The fourth-order valence-corrected chi connectivity index (χ4v) is 7.09. The highest BCUT2D eigenvalue weighted by atomic mass is 35.5. The van der Waals surface area contributed by atoms with Crippen molar-refractivity contribution in [2.75, 3.05) is 18.0 Å². The molecule has 6 rings (SSSR count). The number of hydrogen-bond acceptors (Lipinski definition) is 3. The minimum absolute atomic E-state index is 0.299. The zero-order valence-corrected chi connectivity index (χ0v) is 23.4. The second kappa shape index (κ2) is 10.00. The highest BCUT2D eigenvalue weighted by Gasteiger charge is 2.44. The van der Waals surface area contributed by atoms with Crippen molar-refractivity contribution in [3.05, 3.63) is 80.5 Å². The molecule has 2 fully saturated rings. The Hall–Kier alpha value is -2.35. The van der Waals surface area contributed by atoms with E-state index in [1.54, 1.807) is 29.2 Å². The summed E-state index contributed by atoms with van der Waals surface area (Å²) in [7, 11) is 0. The van der Waals surface area contributed by atoms with E-state index in [0.29, 0.717) is 56.7 Å². The number of likely N-dealkylation sites (tertiary alicyclic amines) is 2. The third-order valence-electron chi connectivity index (χ3n) is 7.97. The van der Waals surface area contributed by atoms with Gasteiger partial charge in [0.1, 0.15) is 5.82 Å². The normalized spacial score (nSPS) is 21.3. The molecule has 0 aliphatic carbocycles. The summed E-state index contributed by atoms with van der Waals surface area (Å²) in [6.45, 7) is 7.62. The van der Waals surface area contributed by atoms with Crippen LogP contribution in [0.1, 0.15) is 31.4 Å². The fraction of sp³-hybridized carbons (Fsp3) is 0.345. The fourth-order valence-electron chi connectivity index (χ4n) is 6.26. The predicted octanol–water partition coefficient (Wildman–Crippen LogP) is 7.48. The first-order chi connectivity index (χ1) is 18.2. The summed E-state index contributed by atoms with van der Waals surface area (Å²) in [4.78, 5) is 19.9. The molecule has 38 heavy (non-hydrogen) atoms. The lowest BCUT2D eigenvalue weighted by Crippen LogP contribution is -2.48. The van der Waals surface area contributed by atoms with Crippen LogP contribution in [0.2, 0.25) is 15.1 Å². The number of para-hydroxylation sites is 1. The summed E-state index contributed by atoms with van der Waals surface area (Å²) in [5.74, 6) is -0.399. The summed E-state index contributed by atoms with van der Waals surface area (Å²) in [5, 5.41) is 4.01. The molecule has 3 aromatic carbocycles. The molecule has 0 saturated carbocycles. The molecule has 2 unspecified atom stereocenters. The Morgan fingerprint density at radius 3 is 2.39 bits per heavy atom. The number of carbonyl (C=O) groups excluding carboxylic acids is 1. The summed E-state index contributed by atoms with van der Waals surface area (Å²) in [5.41, 5.74) is 4.60. The number of nitrogens with zero attached hydrogens (tertiary/aromatic N) is 3. The summed E-state index contributed by atoms with van der Waals surface area (Å²) < 4.78 is 14.0. The van der Waals surface area contributed by atoms with Crippen LogP contribution in [-0.4, -0.2) is 47.0 Å². The largest absolute Gasteiger partial charge is 0.333 e. The number of carbonyl (C=O) groups is 1. The average Bonchev–Trinajstić information content (AvgIpc) is 3.46. The van der Waals surface area contributed by atoms with Crippen molar-refractivity contribution < 1.29 is 9.18 Å². The molecule has 1 N–H and O–H groups in total. The van der Waals surface area contributed by atoms with Gasteiger partial charge in [0.05, 0.1) is 26.4 Å². The number of urea groups is 1. The second-order valence-electron chi connectivity index (χ2n) is 10.6. The van der Waals surface area contributed by atoms with Crippen LogP contribution in [-0.2, 0) is 13.1 Å². The van der Waals surface area contributed by atoms with Crippen molar-refractivity contribution >= 4 is 52.2 Å². The molecule has 2 atom stereocenters. The molecule has 198 valence electrons. The van der Waals surface area contributed by atoms with E-state index in [0.717, 1.165) is 36.3 Å². The standard InChI is InChI=1S/C29H28Cl3FN4O/c1-16(2)36-15-19-11-20(36)14-35(19)13-17-8-22(21-7-6-18(33)10-26(21)32)23-12-34-29(38)37(27(23)9-17)28-24(30)4-3-5-25(28)31/h3-10,16,19-20H,11-15H2,1-2H3,(H,34,38). The van der Waals surface area contributed by atoms with Crippen molar-refractivity contribution in [1.82, 2.24) is 15.1 Å². The Balaban J connectivity index is 1.47. The van der Waals surface area contributed by atoms with Crippen LogP contribution in [0.15, 0.2) is 48.5 Å². The van der Waals surface area contributed by atoms with Crippen LogP contribution in [0.4, 0.5) is 20.6 Å². The smallest absolute Gasteiger partial charge is 0.326 e. The molecule has 9 heteroatoms. The highest BCUT2D eigenvalue weighted by molar-refractivity contribution is 6.40. The van der Waals surface area contributed by atoms with Crippen LogP contribution < -0.4 is 10.2 Å². The molecule has 0 radical (unpaired) electrons. The Morgan fingerprint density at radius 1 is 0.974 bits per heavy atom. The van der Waals surface area contributed by atoms with Crippen molar-refractivity contribution in [2.24, 2.45) is 0 Å². The van der Waals surface area contributed by atoms with Crippen LogP contribution in [0.3, 0.4) is 0 Å². The van der Waals surface area contributed by atoms with E-state index in [1.807, 2.05) is 0 Å². The van der Waals surface area contributed by atoms with Gasteiger partial charge in [0.2, 0.25) is 0 Å². The van der Waals surface area contributed by atoms with Gasteiger partial charge in [-0.3, -0.25) is 14.7 Å². The Morgan fingerprint density at radius 2 is 1.74 bits per heavy atom. The van der Waals surface area contributed by atoms with Gasteiger partial charge >= 0.3 is 6.03 Å². The van der Waals surface area contributed by atoms with Crippen molar-refractivity contribution in [3.63, 3.8) is 0 Å². The lowest BCUT2D eigenvalue weighted by atomic mass is 9.93. The molecule has 0 spiro atoms. The van der Waals surface area contributed by atoms with Crippen LogP contribution in [0.5, 0.6) is 0 Å². The summed E-state index contributed by atoms with van der Waals surface area (Å²) in [6, 6.07) is 15.1. The molecule has 3 aliphatic heterocycles. The molecule has 2 saturated heterocycles. The van der Waals surface area contributed by atoms with Gasteiger partial charge in [-0.15, -0.1) is 0 Å². The quantitative estimate of drug-likeness (QED) is 0.344. The second-order valence-corrected chi connectivity index (χ2v) is 11.8. The molecule has 3 aromatic rings. The summed E-state index contributed by atoms with van der Waals surface area (Å²) in [6.07, 6.45) is 1.17. The Kier molecular flexibility index (Phi) is 6.81. The SMILES string of the molecule is CC(C)N1CC2CC1CN2Cc1cc(-c2ccc(F)cc2Cl)c2c(c1)N(c1c(Cl)cccc1Cl)C(=O)NC2. The zero-order valence-electron chi connectivity index (χ0n) is 21.1. The van der Waals surface area contributed by atoms with Crippen LogP contribution >= 0.6 is 34.8 Å². The Labute approximate surface area is 237 Å². The van der Waals surface area contributed by atoms with Gasteiger partial charge in [-0.05, 0) is 73.9 Å². The number of amides is 2. The van der Waals surface area contributed by atoms with Gasteiger partial charge in [0.15, 0.2) is 0 Å².